The van der Waals surface area contributed by atoms with E-state index in [0.717, 1.165) is 38.9 Å². The number of carbonyl (C=O) groups excluding carboxylic acids is 1. The van der Waals surface area contributed by atoms with Crippen LogP contribution in [0.3, 0.4) is 0 Å². The third-order valence-corrected chi connectivity index (χ3v) is 18.1. The number of hydrogen-bond acceptors (Lipinski definition) is 18. The number of nitrogens with zero attached hydrogens (tertiary/aromatic N) is 5. The average molecular weight is 1280 g/mol. The first-order valence-electron chi connectivity index (χ1n) is 30.9. The molecule has 2 fully saturated rings. The summed E-state index contributed by atoms with van der Waals surface area (Å²) in [5.74, 6) is -0.212. The van der Waals surface area contributed by atoms with Crippen molar-refractivity contribution in [2.75, 3.05) is 25.6 Å². The van der Waals surface area contributed by atoms with Crippen molar-refractivity contribution in [3.63, 3.8) is 0 Å². The van der Waals surface area contributed by atoms with Crippen LogP contribution < -0.4 is 5.32 Å². The van der Waals surface area contributed by atoms with Gasteiger partial charge >= 0.3 is 0 Å². The van der Waals surface area contributed by atoms with Crippen LogP contribution in [0.25, 0.3) is 10.7 Å². The SMILES string of the molecule is CO[C@H]1O[C@H](Cn2cc(-c3nc(C)c(C(=O)c4cnc(NC[C@H]5O[C@H](COCc6ccccc6)[C@@H](OCc6ccccc6)[C@H](OCc6ccccc6)[C@@H]5OCc5ccccc5)s4)s3)nn2)[C@@H](OCc2ccccc2)[C@H](OCc2ccccc2)[C@@H]1OCc1ccccc1. The van der Waals surface area contributed by atoms with Gasteiger partial charge in [-0.3, -0.25) is 4.79 Å². The van der Waals surface area contributed by atoms with Crippen molar-refractivity contribution in [2.24, 2.45) is 0 Å². The lowest BCUT2D eigenvalue weighted by molar-refractivity contribution is -0.319. The molecule has 0 radical (unpaired) electrons. The summed E-state index contributed by atoms with van der Waals surface area (Å²) in [5, 5.41) is 13.7. The number of benzene rings is 7. The first kappa shape index (κ1) is 64.1. The molecule has 474 valence electrons. The second-order valence-corrected chi connectivity index (χ2v) is 24.6. The number of aromatic nitrogens is 5. The Morgan fingerprint density at radius 3 is 1.38 bits per heavy atom. The van der Waals surface area contributed by atoms with Crippen molar-refractivity contribution in [2.45, 2.75) is 121 Å². The number of anilines is 1. The highest BCUT2D eigenvalue weighted by Crippen LogP contribution is 2.36. The van der Waals surface area contributed by atoms with E-state index in [0.29, 0.717) is 70.9 Å². The molecule has 0 spiro atoms. The fourth-order valence-corrected chi connectivity index (χ4v) is 13.1. The summed E-state index contributed by atoms with van der Waals surface area (Å²) in [5.41, 5.74) is 8.08. The van der Waals surface area contributed by atoms with Crippen LogP contribution >= 0.6 is 22.7 Å². The van der Waals surface area contributed by atoms with Crippen molar-refractivity contribution in [3.05, 3.63) is 279 Å². The van der Waals surface area contributed by atoms with E-state index in [1.807, 2.05) is 219 Å². The number of thiazole rings is 2. The van der Waals surface area contributed by atoms with Gasteiger partial charge in [0.15, 0.2) is 11.4 Å². The fraction of sp³-hybridized carbons (Fsp3) is 0.301. The molecule has 10 atom stereocenters. The lowest BCUT2D eigenvalue weighted by Crippen LogP contribution is -2.62. The summed E-state index contributed by atoms with van der Waals surface area (Å²) in [6, 6.07) is 70.2. The molecule has 10 aromatic rings. The summed E-state index contributed by atoms with van der Waals surface area (Å²) in [6.45, 7) is 4.71. The quantitative estimate of drug-likeness (QED) is 0.0405. The molecule has 12 rings (SSSR count). The maximum atomic E-state index is 14.6. The maximum absolute atomic E-state index is 14.6. The van der Waals surface area contributed by atoms with Crippen LogP contribution in [0.1, 0.15) is 59.2 Å². The Hall–Kier alpha value is -7.99. The van der Waals surface area contributed by atoms with Gasteiger partial charge in [-0.15, -0.1) is 16.4 Å². The molecule has 3 aromatic heterocycles. The lowest BCUT2D eigenvalue weighted by Gasteiger charge is -2.46. The number of ether oxygens (including phenoxy) is 10. The molecule has 0 amide bonds. The van der Waals surface area contributed by atoms with Crippen molar-refractivity contribution in [3.8, 4) is 10.7 Å². The van der Waals surface area contributed by atoms with Gasteiger partial charge in [0.05, 0.1) is 87.2 Å². The van der Waals surface area contributed by atoms with Gasteiger partial charge in [-0.1, -0.05) is 229 Å². The first-order chi connectivity index (χ1) is 45.4. The van der Waals surface area contributed by atoms with E-state index in [-0.39, 0.29) is 32.1 Å². The number of methoxy groups -OCH3 is 1. The Balaban J connectivity index is 0.763. The lowest BCUT2D eigenvalue weighted by atomic mass is 9.93. The van der Waals surface area contributed by atoms with Crippen LogP contribution in [0, 0.1) is 6.92 Å². The highest BCUT2D eigenvalue weighted by Gasteiger charge is 2.50. The Bertz CT molecular complexity index is 3800. The minimum atomic E-state index is -0.823. The predicted molar refractivity (Wildman–Crippen MR) is 350 cm³/mol. The number of carbonyl (C=O) groups is 1. The Morgan fingerprint density at radius 2 is 0.913 bits per heavy atom. The number of rotatable bonds is 31. The monoisotopic (exact) mass is 1270 g/mol. The topological polar surface area (TPSA) is 178 Å². The molecule has 92 heavy (non-hydrogen) atoms. The van der Waals surface area contributed by atoms with E-state index in [1.54, 1.807) is 24.2 Å². The molecule has 0 aliphatic carbocycles. The number of ketones is 1. The third-order valence-electron chi connectivity index (χ3n) is 16.0. The van der Waals surface area contributed by atoms with E-state index in [2.05, 4.69) is 15.6 Å². The van der Waals surface area contributed by atoms with Gasteiger partial charge in [-0.2, -0.15) is 0 Å². The van der Waals surface area contributed by atoms with Gasteiger partial charge in [0.2, 0.25) is 5.78 Å². The third kappa shape index (κ3) is 17.2. The Labute approximate surface area is 544 Å². The zero-order valence-corrected chi connectivity index (χ0v) is 52.9. The zero-order chi connectivity index (χ0) is 62.7. The summed E-state index contributed by atoms with van der Waals surface area (Å²) in [4.78, 5) is 25.0. The number of aryl methyl sites for hydroxylation is 1. The highest BCUT2D eigenvalue weighted by atomic mass is 32.1. The molecule has 2 saturated heterocycles. The molecule has 17 nitrogen and oxygen atoms in total. The van der Waals surface area contributed by atoms with Crippen LogP contribution in [-0.2, 0) is 100 Å². The molecule has 0 bridgehead atoms. The second kappa shape index (κ2) is 32.5. The summed E-state index contributed by atoms with van der Waals surface area (Å²) < 4.78 is 69.2. The van der Waals surface area contributed by atoms with Crippen LogP contribution in [0.2, 0.25) is 0 Å². The second-order valence-electron chi connectivity index (χ2n) is 22.6. The standard InChI is InChI=1S/C73H74N6O11S2/c1-50-70(92-71(76-50)58-40-79(78-77-58)41-60-65(84-44-53-28-14-5-15-29-53)68(87-47-56-34-20-8-21-35-56)69(72(81-2)90-60)88-48-57-36-22-9-23-37-57)63(80)62-39-75-73(91-62)74-38-59-64(83-43-52-26-12-4-13-27-52)67(86-46-55-32-18-7-19-33-55)66(85-45-54-30-16-6-17-31-54)61(89-59)49-82-42-51-24-10-3-11-25-51/h3-37,39-40,59-61,64-69,72H,38,41-49H2,1-2H3,(H,74,75)/t59-,60-,61-,64-,65-,66-,67-,68+,69+,72+/m1/s1. The largest absolute Gasteiger partial charge is 0.374 e. The van der Waals surface area contributed by atoms with E-state index < -0.39 is 61.2 Å². The number of hydrogen-bond donors (Lipinski definition) is 1. The molecule has 2 aliphatic rings. The summed E-state index contributed by atoms with van der Waals surface area (Å²) in [7, 11) is 1.60. The highest BCUT2D eigenvalue weighted by molar-refractivity contribution is 7.20. The number of nitrogens with one attached hydrogen (secondary N) is 1. The first-order valence-corrected chi connectivity index (χ1v) is 32.5. The molecule has 0 unspecified atom stereocenters. The molecule has 2 aliphatic heterocycles. The molecule has 5 heterocycles. The summed E-state index contributed by atoms with van der Waals surface area (Å²) >= 11 is 2.50. The molecule has 19 heteroatoms. The van der Waals surface area contributed by atoms with Crippen molar-refractivity contribution in [1.29, 1.82) is 0 Å². The van der Waals surface area contributed by atoms with Crippen molar-refractivity contribution >= 4 is 33.6 Å². The fourth-order valence-electron chi connectivity index (χ4n) is 11.3. The van der Waals surface area contributed by atoms with Gasteiger partial charge in [0.25, 0.3) is 0 Å². The molecule has 0 saturated carbocycles. The Morgan fingerprint density at radius 1 is 0.500 bits per heavy atom. The zero-order valence-electron chi connectivity index (χ0n) is 51.2. The predicted octanol–water partition coefficient (Wildman–Crippen LogP) is 12.7. The van der Waals surface area contributed by atoms with Gasteiger partial charge in [0.1, 0.15) is 65.6 Å². The van der Waals surface area contributed by atoms with Crippen LogP contribution in [-0.4, -0.2) is 112 Å². The minimum absolute atomic E-state index is 0.212. The average Bonchev–Trinajstić information content (AvgIpc) is 0.962. The van der Waals surface area contributed by atoms with Gasteiger partial charge in [-0.05, 0) is 45.9 Å². The van der Waals surface area contributed by atoms with Crippen LogP contribution in [0.15, 0.2) is 225 Å². The normalized spacial score (nSPS) is 21.5. The van der Waals surface area contributed by atoms with Crippen LogP contribution in [0.4, 0.5) is 5.13 Å². The van der Waals surface area contributed by atoms with Crippen molar-refractivity contribution in [1.82, 2.24) is 25.0 Å². The van der Waals surface area contributed by atoms with Gasteiger partial charge in [0, 0.05) is 13.7 Å². The van der Waals surface area contributed by atoms with Gasteiger partial charge < -0.3 is 52.7 Å². The van der Waals surface area contributed by atoms with E-state index in [9.17, 15) is 4.79 Å². The molecular weight excluding hydrogens is 1200 g/mol. The van der Waals surface area contributed by atoms with Gasteiger partial charge in [-0.25, -0.2) is 14.6 Å². The van der Waals surface area contributed by atoms with E-state index >= 15 is 0 Å². The van der Waals surface area contributed by atoms with E-state index in [4.69, 9.17) is 57.3 Å². The minimum Gasteiger partial charge on any atom is -0.374 e. The maximum Gasteiger partial charge on any atom is 0.216 e. The molecular formula is C73H74N6O11S2. The smallest absolute Gasteiger partial charge is 0.216 e. The molecule has 1 N–H and O–H groups in total. The Kier molecular flexibility index (Phi) is 22.7. The van der Waals surface area contributed by atoms with Crippen molar-refractivity contribution < 1.29 is 52.2 Å². The van der Waals surface area contributed by atoms with E-state index in [1.165, 1.54) is 22.7 Å². The van der Waals surface area contributed by atoms with Crippen LogP contribution in [0.5, 0.6) is 0 Å². The molecule has 7 aromatic carbocycles. The summed E-state index contributed by atoms with van der Waals surface area (Å²) in [6.07, 6.45) is -3.02.